The molecule has 3 aromatic carbocycles. The summed E-state index contributed by atoms with van der Waals surface area (Å²) in [6.45, 7) is 0. The van der Waals surface area contributed by atoms with Crippen molar-refractivity contribution in [2.45, 2.75) is 5.16 Å². The Hall–Kier alpha value is -3.30. The number of benzene rings is 3. The second-order valence-corrected chi connectivity index (χ2v) is 8.36. The van der Waals surface area contributed by atoms with Crippen LogP contribution in [0.2, 0.25) is 0 Å². The second kappa shape index (κ2) is 9.23. The van der Waals surface area contributed by atoms with E-state index in [1.807, 2.05) is 47.0 Å². The summed E-state index contributed by atoms with van der Waals surface area (Å²) >= 11 is 4.66. The van der Waals surface area contributed by atoms with Gasteiger partial charge in [-0.1, -0.05) is 58.0 Å². The van der Waals surface area contributed by atoms with Gasteiger partial charge >= 0.3 is 0 Å². The Labute approximate surface area is 190 Å². The smallest absolute Gasteiger partial charge is 0.269 e. The van der Waals surface area contributed by atoms with E-state index in [4.69, 9.17) is 0 Å². The number of nitrogens with zero attached hydrogens (tertiary/aromatic N) is 4. The predicted molar refractivity (Wildman–Crippen MR) is 123 cm³/mol. The van der Waals surface area contributed by atoms with Crippen molar-refractivity contribution in [1.82, 2.24) is 14.8 Å². The van der Waals surface area contributed by atoms with Gasteiger partial charge in [-0.15, -0.1) is 10.2 Å². The van der Waals surface area contributed by atoms with Gasteiger partial charge in [0.25, 0.3) is 5.69 Å². The van der Waals surface area contributed by atoms with Crippen molar-refractivity contribution >= 4 is 39.2 Å². The fourth-order valence-corrected chi connectivity index (χ4v) is 4.05. The first kappa shape index (κ1) is 21.0. The van der Waals surface area contributed by atoms with Crippen LogP contribution in [0, 0.1) is 10.1 Å². The summed E-state index contributed by atoms with van der Waals surface area (Å²) in [5.74, 6) is 0.726. The molecule has 0 aliphatic heterocycles. The fraction of sp³-hybridized carbons (Fsp3) is 0.0455. The zero-order valence-electron chi connectivity index (χ0n) is 16.0. The van der Waals surface area contributed by atoms with Crippen LogP contribution in [0.3, 0.4) is 0 Å². The van der Waals surface area contributed by atoms with Gasteiger partial charge in [-0.3, -0.25) is 19.5 Å². The number of halogens is 1. The third kappa shape index (κ3) is 4.73. The lowest BCUT2D eigenvalue weighted by Crippen LogP contribution is -2.05. The molecule has 4 rings (SSSR count). The molecule has 0 atom stereocenters. The molecule has 0 amide bonds. The topological polar surface area (TPSA) is 90.9 Å². The van der Waals surface area contributed by atoms with Crippen molar-refractivity contribution in [2.24, 2.45) is 0 Å². The molecule has 1 heterocycles. The van der Waals surface area contributed by atoms with Gasteiger partial charge < -0.3 is 0 Å². The molecule has 4 aromatic rings. The monoisotopic (exact) mass is 494 g/mol. The molecule has 0 fully saturated rings. The van der Waals surface area contributed by atoms with Gasteiger partial charge in [0, 0.05) is 33.4 Å². The molecule has 0 aliphatic rings. The molecule has 0 bridgehead atoms. The first-order valence-electron chi connectivity index (χ1n) is 9.20. The van der Waals surface area contributed by atoms with E-state index in [0.29, 0.717) is 22.1 Å². The quantitative estimate of drug-likeness (QED) is 0.144. The Morgan fingerprint density at radius 3 is 2.29 bits per heavy atom. The van der Waals surface area contributed by atoms with Crippen LogP contribution in [0.15, 0.2) is 88.5 Å². The van der Waals surface area contributed by atoms with Gasteiger partial charge in [-0.2, -0.15) is 0 Å². The molecule has 9 heteroatoms. The highest BCUT2D eigenvalue weighted by Crippen LogP contribution is 2.29. The molecule has 0 spiro atoms. The van der Waals surface area contributed by atoms with Crippen LogP contribution < -0.4 is 0 Å². The zero-order valence-corrected chi connectivity index (χ0v) is 18.4. The molecule has 1 aromatic heterocycles. The van der Waals surface area contributed by atoms with Crippen molar-refractivity contribution in [1.29, 1.82) is 0 Å². The van der Waals surface area contributed by atoms with Gasteiger partial charge in [-0.25, -0.2) is 0 Å². The van der Waals surface area contributed by atoms with Crippen LogP contribution in [0.4, 0.5) is 5.69 Å². The number of carbonyl (C=O) groups excluding carboxylic acids is 1. The maximum Gasteiger partial charge on any atom is 0.269 e. The summed E-state index contributed by atoms with van der Waals surface area (Å²) in [6.07, 6.45) is 0. The Morgan fingerprint density at radius 1 is 0.968 bits per heavy atom. The van der Waals surface area contributed by atoms with Crippen molar-refractivity contribution in [2.75, 3.05) is 5.75 Å². The molecule has 31 heavy (non-hydrogen) atoms. The predicted octanol–water partition coefficient (Wildman–Crippen LogP) is 5.58. The summed E-state index contributed by atoms with van der Waals surface area (Å²) in [7, 11) is 0. The first-order valence-corrected chi connectivity index (χ1v) is 11.0. The molecule has 0 radical (unpaired) electrons. The highest BCUT2D eigenvalue weighted by atomic mass is 79.9. The molecule has 0 aliphatic carbocycles. The van der Waals surface area contributed by atoms with Gasteiger partial charge in [-0.05, 0) is 36.4 Å². The summed E-state index contributed by atoms with van der Waals surface area (Å²) in [5.41, 5.74) is 2.15. The average Bonchev–Trinajstić information content (AvgIpc) is 3.22. The number of Topliss-reactive ketones (excluding diaryl/α,β-unsaturated/α-hetero) is 1. The highest BCUT2D eigenvalue weighted by Gasteiger charge is 2.18. The van der Waals surface area contributed by atoms with Crippen LogP contribution in [-0.4, -0.2) is 31.2 Å². The van der Waals surface area contributed by atoms with Crippen molar-refractivity contribution in [3.05, 3.63) is 99.0 Å². The van der Waals surface area contributed by atoms with E-state index in [2.05, 4.69) is 26.1 Å². The maximum absolute atomic E-state index is 12.6. The molecule has 0 saturated carbocycles. The van der Waals surface area contributed by atoms with E-state index in [1.54, 1.807) is 24.3 Å². The molecular formula is C22H15BrN4O3S. The summed E-state index contributed by atoms with van der Waals surface area (Å²) in [5, 5.41) is 20.1. The highest BCUT2D eigenvalue weighted by molar-refractivity contribution is 9.10. The number of para-hydroxylation sites is 1. The van der Waals surface area contributed by atoms with E-state index in [0.717, 1.165) is 10.2 Å². The molecule has 0 unspecified atom stereocenters. The molecule has 0 N–H and O–H groups in total. The third-order valence-electron chi connectivity index (χ3n) is 4.48. The number of rotatable bonds is 7. The standard InChI is InChI=1S/C22H15BrN4O3S/c23-17-10-6-15(7-11-17)20(28)14-31-22-25-24-21(26(22)18-4-2-1-3-5-18)16-8-12-19(13-9-16)27(29)30/h1-13H,14H2. The number of nitro benzene ring substituents is 1. The first-order chi connectivity index (χ1) is 15.0. The Balaban J connectivity index is 1.66. The number of carbonyl (C=O) groups is 1. The van der Waals surface area contributed by atoms with Gasteiger partial charge in [0.2, 0.25) is 0 Å². The van der Waals surface area contributed by atoms with E-state index in [9.17, 15) is 14.9 Å². The lowest BCUT2D eigenvalue weighted by atomic mass is 10.2. The lowest BCUT2D eigenvalue weighted by Gasteiger charge is -2.10. The minimum Gasteiger partial charge on any atom is -0.293 e. The zero-order chi connectivity index (χ0) is 21.8. The number of hydrogen-bond donors (Lipinski definition) is 0. The number of ketones is 1. The molecule has 7 nitrogen and oxygen atoms in total. The summed E-state index contributed by atoms with van der Waals surface area (Å²) < 4.78 is 2.76. The van der Waals surface area contributed by atoms with Crippen LogP contribution >= 0.6 is 27.7 Å². The minimum atomic E-state index is -0.444. The Kier molecular flexibility index (Phi) is 6.24. The number of hydrogen-bond acceptors (Lipinski definition) is 6. The van der Waals surface area contributed by atoms with E-state index in [1.165, 1.54) is 23.9 Å². The number of non-ortho nitro benzene ring substituents is 1. The largest absolute Gasteiger partial charge is 0.293 e. The van der Waals surface area contributed by atoms with Crippen LogP contribution in [-0.2, 0) is 0 Å². The fourth-order valence-electron chi connectivity index (χ4n) is 2.94. The number of aromatic nitrogens is 3. The SMILES string of the molecule is O=C(CSc1nnc(-c2ccc([N+](=O)[O-])cc2)n1-c1ccccc1)c1ccc(Br)cc1. The molecule has 0 saturated heterocycles. The lowest BCUT2D eigenvalue weighted by molar-refractivity contribution is -0.384. The maximum atomic E-state index is 12.6. The van der Waals surface area contributed by atoms with Crippen molar-refractivity contribution in [3.8, 4) is 17.1 Å². The number of thioether (sulfide) groups is 1. The molecular weight excluding hydrogens is 480 g/mol. The number of nitro groups is 1. The van der Waals surface area contributed by atoms with Gasteiger partial charge in [0.15, 0.2) is 16.8 Å². The van der Waals surface area contributed by atoms with E-state index >= 15 is 0 Å². The second-order valence-electron chi connectivity index (χ2n) is 6.50. The van der Waals surface area contributed by atoms with Crippen LogP contribution in [0.25, 0.3) is 17.1 Å². The van der Waals surface area contributed by atoms with Crippen molar-refractivity contribution < 1.29 is 9.72 Å². The van der Waals surface area contributed by atoms with E-state index in [-0.39, 0.29) is 17.2 Å². The van der Waals surface area contributed by atoms with Crippen LogP contribution in [0.1, 0.15) is 10.4 Å². The Bertz CT molecular complexity index is 1230. The minimum absolute atomic E-state index is 0.00391. The molecule has 154 valence electrons. The van der Waals surface area contributed by atoms with Gasteiger partial charge in [0.1, 0.15) is 0 Å². The summed E-state index contributed by atoms with van der Waals surface area (Å²) in [4.78, 5) is 23.1. The summed E-state index contributed by atoms with van der Waals surface area (Å²) in [6, 6.07) is 22.9. The normalized spacial score (nSPS) is 10.7. The third-order valence-corrected chi connectivity index (χ3v) is 5.94. The van der Waals surface area contributed by atoms with Gasteiger partial charge in [0.05, 0.1) is 10.7 Å². The van der Waals surface area contributed by atoms with Crippen molar-refractivity contribution in [3.63, 3.8) is 0 Å². The van der Waals surface area contributed by atoms with Crippen LogP contribution in [0.5, 0.6) is 0 Å². The Morgan fingerprint density at radius 2 is 1.65 bits per heavy atom. The average molecular weight is 495 g/mol. The van der Waals surface area contributed by atoms with E-state index < -0.39 is 4.92 Å².